The van der Waals surface area contributed by atoms with Crippen molar-refractivity contribution in [1.82, 2.24) is 14.8 Å². The van der Waals surface area contributed by atoms with Crippen LogP contribution in [0.2, 0.25) is 0 Å². The third kappa shape index (κ3) is 3.30. The summed E-state index contributed by atoms with van der Waals surface area (Å²) in [6, 6.07) is 4.17. The first-order valence-corrected chi connectivity index (χ1v) is 9.35. The number of benzene rings is 1. The predicted molar refractivity (Wildman–Crippen MR) is 96.3 cm³/mol. The van der Waals surface area contributed by atoms with E-state index < -0.39 is 0 Å². The van der Waals surface area contributed by atoms with Crippen LogP contribution in [0, 0.1) is 0 Å². The highest BCUT2D eigenvalue weighted by atomic mass is 16.5. The number of nitrogens with zero attached hydrogens (tertiary/aromatic N) is 3. The molecular formula is C19H26N4O2. The molecule has 0 amide bonds. The number of hydrogen-bond donors (Lipinski definition) is 1. The molecule has 1 atom stereocenters. The van der Waals surface area contributed by atoms with Crippen molar-refractivity contribution in [2.75, 3.05) is 11.9 Å². The smallest absolute Gasteiger partial charge is 0.152 e. The number of fused-ring (bicyclic) bond motifs is 2. The maximum atomic E-state index is 5.90. The molecule has 0 spiro atoms. The van der Waals surface area contributed by atoms with E-state index in [0.29, 0.717) is 13.2 Å². The first-order chi connectivity index (χ1) is 12.2. The molecule has 0 bridgehead atoms. The minimum absolute atomic E-state index is 0.229. The van der Waals surface area contributed by atoms with Gasteiger partial charge in [-0.25, -0.2) is 0 Å². The largest absolute Gasteiger partial charge is 0.492 e. The molecule has 3 heterocycles. The van der Waals surface area contributed by atoms with E-state index in [9.17, 15) is 0 Å². The van der Waals surface area contributed by atoms with Crippen LogP contribution in [0.25, 0.3) is 0 Å². The summed E-state index contributed by atoms with van der Waals surface area (Å²) < 4.78 is 14.0. The van der Waals surface area contributed by atoms with Gasteiger partial charge >= 0.3 is 0 Å². The lowest BCUT2D eigenvalue weighted by molar-refractivity contribution is 0.254. The fraction of sp³-hybridized carbons (Fsp3) is 0.579. The van der Waals surface area contributed by atoms with Gasteiger partial charge in [-0.1, -0.05) is 6.42 Å². The summed E-state index contributed by atoms with van der Waals surface area (Å²) in [6.45, 7) is 6.40. The first-order valence-electron chi connectivity index (χ1n) is 9.35. The predicted octanol–water partition coefficient (Wildman–Crippen LogP) is 3.34. The molecule has 2 aliphatic rings. The lowest BCUT2D eigenvalue weighted by Crippen LogP contribution is -2.11. The Labute approximate surface area is 148 Å². The Balaban J connectivity index is 1.55. The van der Waals surface area contributed by atoms with Crippen LogP contribution in [0.5, 0.6) is 11.5 Å². The Kier molecular flexibility index (Phi) is 4.51. The van der Waals surface area contributed by atoms with Crippen molar-refractivity contribution in [2.45, 2.75) is 65.1 Å². The van der Waals surface area contributed by atoms with Crippen LogP contribution in [-0.2, 0) is 25.9 Å². The molecule has 134 valence electrons. The second kappa shape index (κ2) is 6.94. The molecule has 1 N–H and O–H groups in total. The lowest BCUT2D eigenvalue weighted by Gasteiger charge is -2.14. The van der Waals surface area contributed by atoms with Crippen molar-refractivity contribution in [3.05, 3.63) is 29.3 Å². The minimum atomic E-state index is 0.229. The van der Waals surface area contributed by atoms with Crippen molar-refractivity contribution in [2.24, 2.45) is 0 Å². The number of anilines is 1. The number of hydrogen-bond acceptors (Lipinski definition) is 5. The van der Waals surface area contributed by atoms with Crippen molar-refractivity contribution in [3.63, 3.8) is 0 Å². The first kappa shape index (κ1) is 16.2. The number of nitrogens with one attached hydrogen (secondary N) is 1. The Morgan fingerprint density at radius 2 is 2.20 bits per heavy atom. The van der Waals surface area contributed by atoms with E-state index in [0.717, 1.165) is 48.2 Å². The van der Waals surface area contributed by atoms with Crippen LogP contribution >= 0.6 is 0 Å². The SMILES string of the molecule is CCOc1cc2c(cc1NCc1nnc3n1CCCCC3)O[C@H](C)C2. The molecule has 1 aromatic carbocycles. The van der Waals surface area contributed by atoms with E-state index >= 15 is 0 Å². The molecule has 25 heavy (non-hydrogen) atoms. The third-order valence-corrected chi connectivity index (χ3v) is 4.92. The molecule has 6 heteroatoms. The molecule has 0 fully saturated rings. The highest BCUT2D eigenvalue weighted by molar-refractivity contribution is 5.63. The molecule has 2 aliphatic heterocycles. The molecular weight excluding hydrogens is 316 g/mol. The van der Waals surface area contributed by atoms with Gasteiger partial charge in [-0.15, -0.1) is 10.2 Å². The van der Waals surface area contributed by atoms with Gasteiger partial charge in [0.15, 0.2) is 5.82 Å². The van der Waals surface area contributed by atoms with E-state index in [1.54, 1.807) is 0 Å². The topological polar surface area (TPSA) is 61.2 Å². The molecule has 0 saturated heterocycles. The summed E-state index contributed by atoms with van der Waals surface area (Å²) in [5.41, 5.74) is 2.18. The average Bonchev–Trinajstić information content (AvgIpc) is 3.06. The zero-order chi connectivity index (χ0) is 17.2. The molecule has 0 unspecified atom stereocenters. The molecule has 6 nitrogen and oxygen atoms in total. The maximum absolute atomic E-state index is 5.90. The highest BCUT2D eigenvalue weighted by Gasteiger charge is 2.22. The summed E-state index contributed by atoms with van der Waals surface area (Å²) in [5, 5.41) is 12.3. The van der Waals surface area contributed by atoms with E-state index in [1.165, 1.54) is 24.8 Å². The average molecular weight is 342 g/mol. The van der Waals surface area contributed by atoms with Gasteiger partial charge in [0.2, 0.25) is 0 Å². The van der Waals surface area contributed by atoms with Gasteiger partial charge in [-0.2, -0.15) is 0 Å². The third-order valence-electron chi connectivity index (χ3n) is 4.92. The normalized spacial score (nSPS) is 18.9. The van der Waals surface area contributed by atoms with Crippen LogP contribution in [0.4, 0.5) is 5.69 Å². The molecule has 1 aromatic heterocycles. The highest BCUT2D eigenvalue weighted by Crippen LogP contribution is 2.38. The summed E-state index contributed by atoms with van der Waals surface area (Å²) >= 11 is 0. The lowest BCUT2D eigenvalue weighted by atomic mass is 10.1. The molecule has 0 radical (unpaired) electrons. The second-order valence-electron chi connectivity index (χ2n) is 6.87. The molecule has 0 aliphatic carbocycles. The van der Waals surface area contributed by atoms with E-state index in [1.807, 2.05) is 6.92 Å². The van der Waals surface area contributed by atoms with Crippen molar-refractivity contribution < 1.29 is 9.47 Å². The summed E-state index contributed by atoms with van der Waals surface area (Å²) in [4.78, 5) is 0. The fourth-order valence-electron chi connectivity index (χ4n) is 3.70. The van der Waals surface area contributed by atoms with Crippen LogP contribution in [-0.4, -0.2) is 27.5 Å². The Hall–Kier alpha value is -2.24. The maximum Gasteiger partial charge on any atom is 0.152 e. The number of aromatic nitrogens is 3. The molecule has 0 saturated carbocycles. The van der Waals surface area contributed by atoms with Gasteiger partial charge in [0.25, 0.3) is 0 Å². The number of ether oxygens (including phenoxy) is 2. The Bertz CT molecular complexity index is 756. The zero-order valence-corrected chi connectivity index (χ0v) is 15.0. The zero-order valence-electron chi connectivity index (χ0n) is 15.0. The van der Waals surface area contributed by atoms with Crippen LogP contribution in [0.1, 0.15) is 50.3 Å². The fourth-order valence-corrected chi connectivity index (χ4v) is 3.70. The van der Waals surface area contributed by atoms with Crippen molar-refractivity contribution >= 4 is 5.69 Å². The van der Waals surface area contributed by atoms with Gasteiger partial charge in [0, 0.05) is 31.0 Å². The summed E-state index contributed by atoms with van der Waals surface area (Å²) in [5.74, 6) is 3.95. The van der Waals surface area contributed by atoms with Gasteiger partial charge in [-0.3, -0.25) is 0 Å². The standard InChI is InChI=1S/C19H26N4O2/c1-3-24-17-10-14-9-13(2)25-16(14)11-15(17)20-12-19-22-21-18-7-5-4-6-8-23(18)19/h10-11,13,20H,3-9,12H2,1-2H3/t13-/m1/s1. The monoisotopic (exact) mass is 342 g/mol. The van der Waals surface area contributed by atoms with Gasteiger partial charge in [0.1, 0.15) is 23.4 Å². The summed E-state index contributed by atoms with van der Waals surface area (Å²) in [6.07, 6.45) is 5.87. The van der Waals surface area contributed by atoms with E-state index in [2.05, 4.69) is 39.1 Å². The van der Waals surface area contributed by atoms with Gasteiger partial charge in [-0.05, 0) is 32.8 Å². The quantitative estimate of drug-likeness (QED) is 0.903. The summed E-state index contributed by atoms with van der Waals surface area (Å²) in [7, 11) is 0. The molecule has 4 rings (SSSR count). The van der Waals surface area contributed by atoms with Gasteiger partial charge in [0.05, 0.1) is 18.8 Å². The second-order valence-corrected chi connectivity index (χ2v) is 6.87. The Morgan fingerprint density at radius 3 is 3.08 bits per heavy atom. The van der Waals surface area contributed by atoms with E-state index in [-0.39, 0.29) is 6.10 Å². The number of aryl methyl sites for hydroxylation is 1. The minimum Gasteiger partial charge on any atom is -0.492 e. The van der Waals surface area contributed by atoms with Crippen LogP contribution in [0.15, 0.2) is 12.1 Å². The Morgan fingerprint density at radius 1 is 1.28 bits per heavy atom. The van der Waals surface area contributed by atoms with E-state index in [4.69, 9.17) is 9.47 Å². The molecule has 2 aromatic rings. The van der Waals surface area contributed by atoms with Crippen molar-refractivity contribution in [3.8, 4) is 11.5 Å². The van der Waals surface area contributed by atoms with Crippen LogP contribution in [0.3, 0.4) is 0 Å². The number of rotatable bonds is 5. The van der Waals surface area contributed by atoms with Gasteiger partial charge < -0.3 is 19.4 Å². The van der Waals surface area contributed by atoms with Crippen LogP contribution < -0.4 is 14.8 Å². The van der Waals surface area contributed by atoms with Crippen molar-refractivity contribution in [1.29, 1.82) is 0 Å².